The van der Waals surface area contributed by atoms with Crippen LogP contribution >= 0.6 is 0 Å². The van der Waals surface area contributed by atoms with Crippen molar-refractivity contribution < 1.29 is 0 Å². The van der Waals surface area contributed by atoms with E-state index in [-0.39, 0.29) is 0 Å². The largest absolute Gasteiger partial charge is 0.358 e. The Labute approximate surface area is 170 Å². The molecule has 0 saturated heterocycles. The highest BCUT2D eigenvalue weighted by molar-refractivity contribution is 5.98. The van der Waals surface area contributed by atoms with E-state index in [4.69, 9.17) is 4.99 Å². The zero-order valence-corrected chi connectivity index (χ0v) is 17.9. The molecule has 0 aliphatic heterocycles. The molecule has 0 unspecified atom stereocenters. The third kappa shape index (κ3) is 4.92. The minimum Gasteiger partial charge on any atom is -0.358 e. The highest BCUT2D eigenvalue weighted by Gasteiger charge is 2.14. The molecule has 0 aromatic heterocycles. The number of hydrogen-bond acceptors (Lipinski definition) is 2. The molecule has 0 heterocycles. The van der Waals surface area contributed by atoms with Gasteiger partial charge in [-0.05, 0) is 74.3 Å². The van der Waals surface area contributed by atoms with Crippen molar-refractivity contribution in [2.24, 2.45) is 4.99 Å². The summed E-state index contributed by atoms with van der Waals surface area (Å²) in [5.74, 6) is 0. The van der Waals surface area contributed by atoms with Crippen LogP contribution in [0.2, 0.25) is 0 Å². The van der Waals surface area contributed by atoms with Crippen molar-refractivity contribution in [2.75, 3.05) is 5.32 Å². The van der Waals surface area contributed by atoms with Crippen molar-refractivity contribution in [2.45, 2.75) is 72.6 Å². The van der Waals surface area contributed by atoms with Crippen LogP contribution in [-0.4, -0.2) is 5.71 Å². The van der Waals surface area contributed by atoms with Gasteiger partial charge in [0, 0.05) is 17.1 Å². The minimum absolute atomic E-state index is 1.05. The molecule has 1 N–H and O–H groups in total. The number of nitrogens with one attached hydrogen (secondary N) is 1. The lowest BCUT2D eigenvalue weighted by Gasteiger charge is -2.21. The van der Waals surface area contributed by atoms with E-state index >= 15 is 0 Å². The van der Waals surface area contributed by atoms with Gasteiger partial charge in [0.1, 0.15) is 0 Å². The third-order valence-electron chi connectivity index (χ3n) is 5.48. The van der Waals surface area contributed by atoms with Crippen LogP contribution in [0, 0.1) is 13.8 Å². The van der Waals surface area contributed by atoms with E-state index in [1.165, 1.54) is 52.2 Å². The molecule has 148 valence electrons. The zero-order chi connectivity index (χ0) is 19.9. The van der Waals surface area contributed by atoms with Gasteiger partial charge < -0.3 is 5.32 Å². The quantitative estimate of drug-likeness (QED) is 0.534. The molecule has 28 heavy (non-hydrogen) atoms. The number of rotatable bonds is 7. The number of anilines is 1. The SMILES string of the molecule is CCCc1cccc(CCC)c1NC1=C/C(=N/c2c(C)cccc2C)CCC1. The highest BCUT2D eigenvalue weighted by atomic mass is 14.9. The van der Waals surface area contributed by atoms with Crippen LogP contribution in [0.3, 0.4) is 0 Å². The van der Waals surface area contributed by atoms with E-state index in [9.17, 15) is 0 Å². The number of nitrogens with zero attached hydrogens (tertiary/aromatic N) is 1. The summed E-state index contributed by atoms with van der Waals surface area (Å²) in [7, 11) is 0. The molecule has 2 nitrogen and oxygen atoms in total. The molecule has 0 amide bonds. The van der Waals surface area contributed by atoms with Gasteiger partial charge in [-0.2, -0.15) is 0 Å². The summed E-state index contributed by atoms with van der Waals surface area (Å²) in [5.41, 5.74) is 10.3. The number of para-hydroxylation sites is 2. The lowest BCUT2D eigenvalue weighted by molar-refractivity contribution is 0.834. The Morgan fingerprint density at radius 2 is 1.46 bits per heavy atom. The normalized spacial score (nSPS) is 15.6. The second-order valence-corrected chi connectivity index (χ2v) is 7.94. The molecule has 1 aliphatic carbocycles. The van der Waals surface area contributed by atoms with Crippen LogP contribution in [0.5, 0.6) is 0 Å². The van der Waals surface area contributed by atoms with Crippen LogP contribution in [0.1, 0.15) is 68.2 Å². The second kappa shape index (κ2) is 9.73. The molecule has 2 aromatic carbocycles. The first-order chi connectivity index (χ1) is 13.6. The summed E-state index contributed by atoms with van der Waals surface area (Å²) in [6.45, 7) is 8.81. The fourth-order valence-corrected chi connectivity index (χ4v) is 4.05. The van der Waals surface area contributed by atoms with Crippen molar-refractivity contribution >= 4 is 17.1 Å². The Hall–Kier alpha value is -2.35. The molecule has 0 spiro atoms. The van der Waals surface area contributed by atoms with E-state index in [0.29, 0.717) is 0 Å². The smallest absolute Gasteiger partial charge is 0.0691 e. The average Bonchev–Trinajstić information content (AvgIpc) is 2.68. The monoisotopic (exact) mass is 374 g/mol. The maximum absolute atomic E-state index is 5.03. The average molecular weight is 375 g/mol. The minimum atomic E-state index is 1.05. The van der Waals surface area contributed by atoms with Crippen LogP contribution < -0.4 is 5.32 Å². The Morgan fingerprint density at radius 3 is 2.07 bits per heavy atom. The molecule has 0 saturated carbocycles. The molecule has 0 fully saturated rings. The van der Waals surface area contributed by atoms with Gasteiger partial charge in [-0.25, -0.2) is 0 Å². The van der Waals surface area contributed by atoms with Crippen molar-refractivity contribution in [1.29, 1.82) is 0 Å². The topological polar surface area (TPSA) is 24.4 Å². The fourth-order valence-electron chi connectivity index (χ4n) is 4.05. The van der Waals surface area contributed by atoms with Crippen LogP contribution in [0.25, 0.3) is 0 Å². The van der Waals surface area contributed by atoms with Gasteiger partial charge in [0.15, 0.2) is 0 Å². The zero-order valence-electron chi connectivity index (χ0n) is 17.9. The summed E-state index contributed by atoms with van der Waals surface area (Å²) in [6, 6.07) is 13.2. The van der Waals surface area contributed by atoms with Gasteiger partial charge in [0.2, 0.25) is 0 Å². The molecule has 0 bridgehead atoms. The standard InChI is InChI=1S/C26H34N2/c1-5-10-21-14-8-15-22(11-6-2)26(21)28-24-17-9-16-23(18-24)27-25-19(3)12-7-13-20(25)4/h7-8,12-15,18,28H,5-6,9-11,16-17H2,1-4H3/b27-23+. The number of aliphatic imine (C=N–C) groups is 1. The summed E-state index contributed by atoms with van der Waals surface area (Å²) < 4.78 is 0. The van der Waals surface area contributed by atoms with Crippen LogP contribution in [0.15, 0.2) is 53.2 Å². The predicted octanol–water partition coefficient (Wildman–Crippen LogP) is 7.46. The molecule has 0 atom stereocenters. The summed E-state index contributed by atoms with van der Waals surface area (Å²) in [6.07, 6.45) is 10.2. The number of hydrogen-bond donors (Lipinski definition) is 1. The van der Waals surface area contributed by atoms with Crippen molar-refractivity contribution in [3.63, 3.8) is 0 Å². The maximum Gasteiger partial charge on any atom is 0.0691 e. The van der Waals surface area contributed by atoms with Crippen LogP contribution in [0.4, 0.5) is 11.4 Å². The van der Waals surface area contributed by atoms with E-state index in [2.05, 4.69) is 75.5 Å². The molecule has 1 aliphatic rings. The molecule has 2 heteroatoms. The molecular formula is C26H34N2. The molecule has 2 aromatic rings. The van der Waals surface area contributed by atoms with E-state index in [1.807, 2.05) is 0 Å². The van der Waals surface area contributed by atoms with E-state index < -0.39 is 0 Å². The van der Waals surface area contributed by atoms with Crippen molar-refractivity contribution in [3.05, 3.63) is 70.4 Å². The fraction of sp³-hybridized carbons (Fsp3) is 0.423. The number of allylic oxidation sites excluding steroid dienone is 2. The Kier molecular flexibility index (Phi) is 7.08. The molecule has 0 radical (unpaired) electrons. The maximum atomic E-state index is 5.03. The third-order valence-corrected chi connectivity index (χ3v) is 5.48. The van der Waals surface area contributed by atoms with Gasteiger partial charge in [0.05, 0.1) is 5.69 Å². The number of benzene rings is 2. The number of aryl methyl sites for hydroxylation is 4. The summed E-state index contributed by atoms with van der Waals surface area (Å²) in [5, 5.41) is 3.81. The lowest BCUT2D eigenvalue weighted by Crippen LogP contribution is -2.12. The van der Waals surface area contributed by atoms with Gasteiger partial charge >= 0.3 is 0 Å². The summed E-state index contributed by atoms with van der Waals surface area (Å²) in [4.78, 5) is 5.03. The Balaban J connectivity index is 1.91. The van der Waals surface area contributed by atoms with Gasteiger partial charge in [-0.3, -0.25) is 4.99 Å². The first-order valence-electron chi connectivity index (χ1n) is 10.8. The molecule has 3 rings (SSSR count). The Bertz CT molecular complexity index is 829. The molecular weight excluding hydrogens is 340 g/mol. The lowest BCUT2D eigenvalue weighted by atomic mass is 9.97. The van der Waals surface area contributed by atoms with Crippen molar-refractivity contribution in [3.8, 4) is 0 Å². The highest BCUT2D eigenvalue weighted by Crippen LogP contribution is 2.29. The predicted molar refractivity (Wildman–Crippen MR) is 123 cm³/mol. The first kappa shape index (κ1) is 20.4. The van der Waals surface area contributed by atoms with E-state index in [0.717, 1.165) is 37.8 Å². The van der Waals surface area contributed by atoms with Gasteiger partial charge in [0.25, 0.3) is 0 Å². The second-order valence-electron chi connectivity index (χ2n) is 7.94. The van der Waals surface area contributed by atoms with E-state index in [1.54, 1.807) is 0 Å². The van der Waals surface area contributed by atoms with Gasteiger partial charge in [-0.1, -0.05) is 63.1 Å². The Morgan fingerprint density at radius 1 is 0.857 bits per heavy atom. The van der Waals surface area contributed by atoms with Gasteiger partial charge in [-0.15, -0.1) is 0 Å². The van der Waals surface area contributed by atoms with Crippen molar-refractivity contribution in [1.82, 2.24) is 0 Å². The first-order valence-corrected chi connectivity index (χ1v) is 10.8. The summed E-state index contributed by atoms with van der Waals surface area (Å²) >= 11 is 0. The van der Waals surface area contributed by atoms with Crippen LogP contribution in [-0.2, 0) is 12.8 Å².